The Hall–Kier alpha value is -0.520. The van der Waals surface area contributed by atoms with Gasteiger partial charge in [-0.2, -0.15) is 0 Å². The van der Waals surface area contributed by atoms with Crippen molar-refractivity contribution in [1.29, 1.82) is 0 Å². The molecule has 0 spiro atoms. The Morgan fingerprint density at radius 2 is 2.16 bits per heavy atom. The molecule has 2 aliphatic rings. The van der Waals surface area contributed by atoms with Gasteiger partial charge in [0.25, 0.3) is 0 Å². The molecule has 1 aromatic carbocycles. The van der Waals surface area contributed by atoms with E-state index >= 15 is 0 Å². The molecule has 1 saturated heterocycles. The summed E-state index contributed by atoms with van der Waals surface area (Å²) in [7, 11) is -2.81. The summed E-state index contributed by atoms with van der Waals surface area (Å²) in [4.78, 5) is 1.36. The minimum absolute atomic E-state index is 0.0177. The number of benzene rings is 1. The van der Waals surface area contributed by atoms with E-state index in [1.54, 1.807) is 0 Å². The van der Waals surface area contributed by atoms with Crippen molar-refractivity contribution < 1.29 is 8.42 Å². The van der Waals surface area contributed by atoms with Crippen molar-refractivity contribution in [3.8, 4) is 0 Å². The predicted octanol–water partition coefficient (Wildman–Crippen LogP) is 1.86. The lowest BCUT2D eigenvalue weighted by atomic mass is 9.94. The summed E-state index contributed by atoms with van der Waals surface area (Å²) in [6.45, 7) is 0. The van der Waals surface area contributed by atoms with E-state index in [9.17, 15) is 8.42 Å². The standard InChI is InChI=1S/C14H19NO2S2/c15-13(11-5-6-19(16,17)9-11)8-12-7-10-3-1-2-4-14(10)18-12/h1-4,11-13H,5-9,15H2. The summed E-state index contributed by atoms with van der Waals surface area (Å²) in [6.07, 6.45) is 2.72. The number of fused-ring (bicyclic) bond motifs is 1. The Kier molecular flexibility index (Phi) is 3.62. The second-order valence-corrected chi connectivity index (χ2v) is 9.19. The van der Waals surface area contributed by atoms with Crippen LogP contribution in [0.5, 0.6) is 0 Å². The molecule has 3 atom stereocenters. The van der Waals surface area contributed by atoms with Gasteiger partial charge >= 0.3 is 0 Å². The van der Waals surface area contributed by atoms with E-state index < -0.39 is 9.84 Å². The molecular weight excluding hydrogens is 278 g/mol. The summed E-state index contributed by atoms with van der Waals surface area (Å²) >= 11 is 1.89. The quantitative estimate of drug-likeness (QED) is 0.925. The highest BCUT2D eigenvalue weighted by atomic mass is 32.2. The summed E-state index contributed by atoms with van der Waals surface area (Å²) in [5.74, 6) is 0.774. The predicted molar refractivity (Wildman–Crippen MR) is 79.1 cm³/mol. The maximum atomic E-state index is 11.5. The van der Waals surface area contributed by atoms with Gasteiger partial charge in [-0.05, 0) is 36.8 Å². The third-order valence-electron chi connectivity index (χ3n) is 4.12. The highest BCUT2D eigenvalue weighted by Gasteiger charge is 2.34. The first kappa shape index (κ1) is 13.5. The molecule has 19 heavy (non-hydrogen) atoms. The van der Waals surface area contributed by atoms with Crippen molar-refractivity contribution in [1.82, 2.24) is 0 Å². The molecule has 1 fully saturated rings. The van der Waals surface area contributed by atoms with Crippen LogP contribution in [-0.4, -0.2) is 31.2 Å². The molecule has 104 valence electrons. The number of thioether (sulfide) groups is 1. The fraction of sp³-hybridized carbons (Fsp3) is 0.571. The van der Waals surface area contributed by atoms with Crippen LogP contribution < -0.4 is 5.73 Å². The van der Waals surface area contributed by atoms with Crippen molar-refractivity contribution in [3.05, 3.63) is 29.8 Å². The largest absolute Gasteiger partial charge is 0.327 e. The number of rotatable bonds is 3. The van der Waals surface area contributed by atoms with E-state index in [0.717, 1.165) is 19.3 Å². The second-order valence-electron chi connectivity index (χ2n) is 5.61. The maximum Gasteiger partial charge on any atom is 0.150 e. The molecule has 2 heterocycles. The van der Waals surface area contributed by atoms with Crippen LogP contribution in [0.25, 0.3) is 0 Å². The zero-order valence-corrected chi connectivity index (χ0v) is 12.4. The normalized spacial score (nSPS) is 30.2. The van der Waals surface area contributed by atoms with E-state index in [1.165, 1.54) is 10.5 Å². The lowest BCUT2D eigenvalue weighted by molar-refractivity contribution is 0.434. The average Bonchev–Trinajstić information content (AvgIpc) is 2.91. The molecule has 3 unspecified atom stereocenters. The van der Waals surface area contributed by atoms with Crippen molar-refractivity contribution in [2.45, 2.75) is 35.4 Å². The Labute approximate surface area is 118 Å². The van der Waals surface area contributed by atoms with Crippen LogP contribution >= 0.6 is 11.8 Å². The van der Waals surface area contributed by atoms with Crippen molar-refractivity contribution >= 4 is 21.6 Å². The molecule has 5 heteroatoms. The molecule has 0 aliphatic carbocycles. The monoisotopic (exact) mass is 297 g/mol. The molecule has 0 aromatic heterocycles. The van der Waals surface area contributed by atoms with Crippen LogP contribution in [0.15, 0.2) is 29.2 Å². The van der Waals surface area contributed by atoms with Crippen molar-refractivity contribution in [3.63, 3.8) is 0 Å². The molecule has 2 aliphatic heterocycles. The summed E-state index contributed by atoms with van der Waals surface area (Å²) in [5, 5.41) is 0.510. The number of hydrogen-bond donors (Lipinski definition) is 1. The molecule has 3 nitrogen and oxygen atoms in total. The third-order valence-corrected chi connectivity index (χ3v) is 7.26. The van der Waals surface area contributed by atoms with E-state index in [1.807, 2.05) is 11.8 Å². The first-order chi connectivity index (χ1) is 9.03. The Bertz CT molecular complexity index is 546. The van der Waals surface area contributed by atoms with E-state index in [0.29, 0.717) is 16.8 Å². The van der Waals surface area contributed by atoms with Gasteiger partial charge in [-0.25, -0.2) is 8.42 Å². The smallest absolute Gasteiger partial charge is 0.150 e. The summed E-state index contributed by atoms with van der Waals surface area (Å²) in [6, 6.07) is 8.49. The van der Waals surface area contributed by atoms with Gasteiger partial charge in [-0.15, -0.1) is 11.8 Å². The molecular formula is C14H19NO2S2. The molecule has 3 rings (SSSR count). The topological polar surface area (TPSA) is 60.2 Å². The first-order valence-corrected chi connectivity index (χ1v) is 9.44. The summed E-state index contributed by atoms with van der Waals surface area (Å²) < 4.78 is 23.0. The van der Waals surface area contributed by atoms with Crippen LogP contribution in [0.4, 0.5) is 0 Å². The van der Waals surface area contributed by atoms with Crippen LogP contribution in [0, 0.1) is 5.92 Å². The van der Waals surface area contributed by atoms with Crippen LogP contribution in [0.2, 0.25) is 0 Å². The van der Waals surface area contributed by atoms with Gasteiger partial charge in [-0.1, -0.05) is 18.2 Å². The second kappa shape index (κ2) is 5.11. The van der Waals surface area contributed by atoms with Crippen molar-refractivity contribution in [2.75, 3.05) is 11.5 Å². The maximum absolute atomic E-state index is 11.5. The van der Waals surface area contributed by atoms with E-state index in [2.05, 4.69) is 24.3 Å². The fourth-order valence-corrected chi connectivity index (χ4v) is 6.34. The fourth-order valence-electron chi connectivity index (χ4n) is 3.04. The molecule has 1 aromatic rings. The number of hydrogen-bond acceptors (Lipinski definition) is 4. The zero-order chi connectivity index (χ0) is 13.5. The van der Waals surface area contributed by atoms with Gasteiger partial charge in [-0.3, -0.25) is 0 Å². The van der Waals surface area contributed by atoms with Gasteiger partial charge in [0.05, 0.1) is 11.5 Å². The molecule has 2 N–H and O–H groups in total. The van der Waals surface area contributed by atoms with Gasteiger partial charge < -0.3 is 5.73 Å². The molecule has 0 bridgehead atoms. The van der Waals surface area contributed by atoms with Gasteiger partial charge in [0.15, 0.2) is 9.84 Å². The number of sulfone groups is 1. The van der Waals surface area contributed by atoms with Crippen LogP contribution in [0.1, 0.15) is 18.4 Å². The van der Waals surface area contributed by atoms with E-state index in [4.69, 9.17) is 5.73 Å². The average molecular weight is 297 g/mol. The summed E-state index contributed by atoms with van der Waals surface area (Å²) in [5.41, 5.74) is 7.64. The molecule has 0 amide bonds. The Balaban J connectivity index is 1.59. The Morgan fingerprint density at radius 1 is 1.37 bits per heavy atom. The van der Waals surface area contributed by atoms with Gasteiger partial charge in [0, 0.05) is 16.2 Å². The lowest BCUT2D eigenvalue weighted by Crippen LogP contribution is -2.33. The highest BCUT2D eigenvalue weighted by molar-refractivity contribution is 8.00. The van der Waals surface area contributed by atoms with Crippen molar-refractivity contribution in [2.24, 2.45) is 11.7 Å². The number of nitrogens with two attached hydrogens (primary N) is 1. The Morgan fingerprint density at radius 3 is 2.84 bits per heavy atom. The minimum atomic E-state index is -2.81. The zero-order valence-electron chi connectivity index (χ0n) is 10.8. The molecule has 0 radical (unpaired) electrons. The van der Waals surface area contributed by atoms with Gasteiger partial charge in [0.2, 0.25) is 0 Å². The first-order valence-electron chi connectivity index (χ1n) is 6.74. The molecule has 0 saturated carbocycles. The van der Waals surface area contributed by atoms with Crippen LogP contribution in [0.3, 0.4) is 0 Å². The minimum Gasteiger partial charge on any atom is -0.327 e. The van der Waals surface area contributed by atoms with Gasteiger partial charge in [0.1, 0.15) is 0 Å². The third kappa shape index (κ3) is 2.98. The van der Waals surface area contributed by atoms with E-state index in [-0.39, 0.29) is 12.0 Å². The highest BCUT2D eigenvalue weighted by Crippen LogP contribution is 2.39. The lowest BCUT2D eigenvalue weighted by Gasteiger charge is -2.20. The van der Waals surface area contributed by atoms with Crippen LogP contribution in [-0.2, 0) is 16.3 Å². The SMILES string of the molecule is NC(CC1Cc2ccccc2S1)C1CCS(=O)(=O)C1.